The highest BCUT2D eigenvalue weighted by molar-refractivity contribution is 7.10. The molecule has 0 saturated carbocycles. The minimum Gasteiger partial charge on any atom is -0.361 e. The van der Waals surface area contributed by atoms with E-state index in [9.17, 15) is 4.79 Å². The Hall–Kier alpha value is -2.40. The molecule has 2 heterocycles. The van der Waals surface area contributed by atoms with Gasteiger partial charge < -0.3 is 9.84 Å². The second kappa shape index (κ2) is 9.00. The summed E-state index contributed by atoms with van der Waals surface area (Å²) in [6.45, 7) is 5.91. The molecule has 1 amide bonds. The van der Waals surface area contributed by atoms with Gasteiger partial charge in [0.05, 0.1) is 18.2 Å². The summed E-state index contributed by atoms with van der Waals surface area (Å²) in [6, 6.07) is 12.5. The van der Waals surface area contributed by atoms with Gasteiger partial charge in [-0.15, -0.1) is 11.3 Å². The highest BCUT2D eigenvalue weighted by Crippen LogP contribution is 2.27. The average Bonchev–Trinajstić information content (AvgIpc) is 3.31. The molecular formula is C22H26N2O2S. The summed E-state index contributed by atoms with van der Waals surface area (Å²) < 4.78 is 5.18. The molecule has 1 atom stereocenters. The topological polar surface area (TPSA) is 55.1 Å². The first kappa shape index (κ1) is 19.4. The number of thiophene rings is 1. The molecule has 0 saturated heterocycles. The van der Waals surface area contributed by atoms with Gasteiger partial charge in [-0.2, -0.15) is 0 Å². The summed E-state index contributed by atoms with van der Waals surface area (Å²) in [5.74, 6) is 0.675. The largest absolute Gasteiger partial charge is 0.361 e. The third-order valence-electron chi connectivity index (χ3n) is 4.78. The van der Waals surface area contributed by atoms with Gasteiger partial charge >= 0.3 is 0 Å². The first-order valence-electron chi connectivity index (χ1n) is 9.41. The van der Waals surface area contributed by atoms with Crippen LogP contribution in [0.5, 0.6) is 0 Å². The fourth-order valence-corrected chi connectivity index (χ4v) is 3.96. The molecule has 0 fully saturated rings. The number of carbonyl (C=O) groups excluding carboxylic acids is 1. The first-order chi connectivity index (χ1) is 13.1. The fraction of sp³-hybridized carbons (Fsp3) is 0.364. The number of rotatable bonds is 8. The summed E-state index contributed by atoms with van der Waals surface area (Å²) in [4.78, 5) is 13.9. The molecule has 3 aromatic rings. The van der Waals surface area contributed by atoms with E-state index in [1.54, 1.807) is 11.3 Å². The monoisotopic (exact) mass is 382 g/mol. The minimum absolute atomic E-state index is 0.0298. The van der Waals surface area contributed by atoms with Crippen LogP contribution in [0.25, 0.3) is 0 Å². The van der Waals surface area contributed by atoms with E-state index in [1.165, 1.54) is 18.4 Å². The van der Waals surface area contributed by atoms with Crippen LogP contribution in [0, 0.1) is 13.8 Å². The van der Waals surface area contributed by atoms with E-state index in [4.69, 9.17) is 4.52 Å². The Labute approximate surface area is 164 Å². The van der Waals surface area contributed by atoms with Crippen molar-refractivity contribution in [3.05, 3.63) is 74.8 Å². The number of hydrogen-bond donors (Lipinski definition) is 1. The first-order valence-corrected chi connectivity index (χ1v) is 10.3. The van der Waals surface area contributed by atoms with Crippen molar-refractivity contribution in [3.8, 4) is 0 Å². The van der Waals surface area contributed by atoms with E-state index in [1.807, 2.05) is 25.3 Å². The van der Waals surface area contributed by atoms with E-state index in [2.05, 4.69) is 47.7 Å². The van der Waals surface area contributed by atoms with E-state index in [0.717, 1.165) is 28.1 Å². The van der Waals surface area contributed by atoms with Crippen LogP contribution in [-0.4, -0.2) is 11.1 Å². The van der Waals surface area contributed by atoms with Crippen LogP contribution in [0.1, 0.15) is 58.8 Å². The van der Waals surface area contributed by atoms with E-state index in [0.29, 0.717) is 5.76 Å². The zero-order valence-electron chi connectivity index (χ0n) is 16.1. The van der Waals surface area contributed by atoms with Gasteiger partial charge in [0.1, 0.15) is 5.76 Å². The molecule has 1 N–H and O–H groups in total. The van der Waals surface area contributed by atoms with Crippen molar-refractivity contribution < 1.29 is 9.32 Å². The van der Waals surface area contributed by atoms with Gasteiger partial charge in [0.15, 0.2) is 0 Å². The van der Waals surface area contributed by atoms with Crippen molar-refractivity contribution >= 4 is 17.2 Å². The van der Waals surface area contributed by atoms with Gasteiger partial charge in [-0.3, -0.25) is 4.79 Å². The maximum absolute atomic E-state index is 12.7. The number of aryl methyl sites for hydroxylation is 3. The van der Waals surface area contributed by atoms with Crippen LogP contribution in [0.15, 0.2) is 46.3 Å². The number of carbonyl (C=O) groups is 1. The number of unbranched alkanes of at least 4 members (excludes halogenated alkanes) is 1. The van der Waals surface area contributed by atoms with E-state index in [-0.39, 0.29) is 18.4 Å². The van der Waals surface area contributed by atoms with Crippen molar-refractivity contribution in [1.82, 2.24) is 10.5 Å². The molecule has 0 spiro atoms. The Morgan fingerprint density at radius 3 is 2.59 bits per heavy atom. The number of benzene rings is 1. The molecule has 0 radical (unpaired) electrons. The van der Waals surface area contributed by atoms with Crippen LogP contribution >= 0.6 is 11.3 Å². The van der Waals surface area contributed by atoms with Gasteiger partial charge in [-0.25, -0.2) is 0 Å². The summed E-state index contributed by atoms with van der Waals surface area (Å²) in [5, 5.41) is 9.17. The average molecular weight is 383 g/mol. The van der Waals surface area contributed by atoms with Gasteiger partial charge in [-0.05, 0) is 49.3 Å². The molecule has 142 valence electrons. The third kappa shape index (κ3) is 4.86. The number of nitrogens with one attached hydrogen (secondary N) is 1. The van der Waals surface area contributed by atoms with Gasteiger partial charge in [0.2, 0.25) is 5.91 Å². The van der Waals surface area contributed by atoms with Crippen molar-refractivity contribution in [2.24, 2.45) is 0 Å². The zero-order chi connectivity index (χ0) is 19.2. The van der Waals surface area contributed by atoms with Gasteiger partial charge in [-0.1, -0.05) is 48.8 Å². The lowest BCUT2D eigenvalue weighted by atomic mass is 10.0. The second-order valence-electron chi connectivity index (χ2n) is 6.84. The molecule has 1 aromatic carbocycles. The summed E-state index contributed by atoms with van der Waals surface area (Å²) in [5.41, 5.74) is 4.08. The number of nitrogens with zero attached hydrogens (tertiary/aromatic N) is 1. The van der Waals surface area contributed by atoms with Crippen molar-refractivity contribution in [2.45, 2.75) is 52.5 Å². The predicted octanol–water partition coefficient (Wildman–Crippen LogP) is 5.14. The van der Waals surface area contributed by atoms with Crippen LogP contribution in [-0.2, 0) is 17.6 Å². The number of aromatic nitrogens is 1. The second-order valence-corrected chi connectivity index (χ2v) is 7.82. The Balaban J connectivity index is 1.77. The van der Waals surface area contributed by atoms with Crippen LogP contribution < -0.4 is 5.32 Å². The molecule has 0 aliphatic carbocycles. The standard InChI is InChI=1S/C22H26N2O2S/c1-4-5-7-17-9-11-18(12-10-17)22(20-8-6-13-27-20)23-21(25)14-19-15(2)24-26-16(19)3/h6,8-13,22H,4-5,7,14H2,1-3H3,(H,23,25)/t22-/m0/s1. The number of amides is 1. The van der Waals surface area contributed by atoms with Gasteiger partial charge in [0.25, 0.3) is 0 Å². The lowest BCUT2D eigenvalue weighted by Gasteiger charge is -2.18. The molecule has 3 rings (SSSR count). The summed E-state index contributed by atoms with van der Waals surface area (Å²) in [7, 11) is 0. The molecular weight excluding hydrogens is 356 g/mol. The zero-order valence-corrected chi connectivity index (χ0v) is 16.9. The van der Waals surface area contributed by atoms with Crippen molar-refractivity contribution in [2.75, 3.05) is 0 Å². The van der Waals surface area contributed by atoms with E-state index >= 15 is 0 Å². The SMILES string of the molecule is CCCCc1ccc([C@H](NC(=O)Cc2c(C)noc2C)c2cccs2)cc1. The minimum atomic E-state index is -0.141. The Bertz CT molecular complexity index is 847. The van der Waals surface area contributed by atoms with Crippen LogP contribution in [0.3, 0.4) is 0 Å². The van der Waals surface area contributed by atoms with Crippen molar-refractivity contribution in [3.63, 3.8) is 0 Å². The highest BCUT2D eigenvalue weighted by atomic mass is 32.1. The maximum Gasteiger partial charge on any atom is 0.225 e. The molecule has 2 aromatic heterocycles. The van der Waals surface area contributed by atoms with Gasteiger partial charge in [0, 0.05) is 10.4 Å². The maximum atomic E-state index is 12.7. The molecule has 0 aliphatic rings. The number of hydrogen-bond acceptors (Lipinski definition) is 4. The lowest BCUT2D eigenvalue weighted by Crippen LogP contribution is -2.30. The summed E-state index contributed by atoms with van der Waals surface area (Å²) in [6.07, 6.45) is 3.76. The van der Waals surface area contributed by atoms with Crippen molar-refractivity contribution in [1.29, 1.82) is 0 Å². The normalized spacial score (nSPS) is 12.1. The molecule has 0 aliphatic heterocycles. The molecule has 27 heavy (non-hydrogen) atoms. The molecule has 5 heteroatoms. The predicted molar refractivity (Wildman–Crippen MR) is 109 cm³/mol. The highest BCUT2D eigenvalue weighted by Gasteiger charge is 2.20. The smallest absolute Gasteiger partial charge is 0.225 e. The Morgan fingerprint density at radius 2 is 2.00 bits per heavy atom. The lowest BCUT2D eigenvalue weighted by molar-refractivity contribution is -0.120. The quantitative estimate of drug-likeness (QED) is 0.586. The fourth-order valence-electron chi connectivity index (χ4n) is 3.16. The van der Waals surface area contributed by atoms with E-state index < -0.39 is 0 Å². The Morgan fingerprint density at radius 1 is 1.22 bits per heavy atom. The Kier molecular flexibility index (Phi) is 6.45. The van der Waals surface area contributed by atoms with Crippen LogP contribution in [0.4, 0.5) is 0 Å². The summed E-state index contributed by atoms with van der Waals surface area (Å²) >= 11 is 1.65. The van der Waals surface area contributed by atoms with Crippen LogP contribution in [0.2, 0.25) is 0 Å². The molecule has 0 unspecified atom stereocenters. The third-order valence-corrected chi connectivity index (χ3v) is 5.72. The molecule has 4 nitrogen and oxygen atoms in total. The molecule has 0 bridgehead atoms.